The Morgan fingerprint density at radius 3 is 2.73 bits per heavy atom. The molecule has 7 heteroatoms. The zero-order chi connectivity index (χ0) is 18.7. The van der Waals surface area contributed by atoms with E-state index in [1.54, 1.807) is 18.3 Å². The molecule has 1 aromatic carbocycles. The molecule has 3 rings (SSSR count). The van der Waals surface area contributed by atoms with E-state index in [9.17, 15) is 4.79 Å². The number of hydrogen-bond donors (Lipinski definition) is 1. The molecule has 0 aliphatic carbocycles. The van der Waals surface area contributed by atoms with E-state index in [1.807, 2.05) is 47.9 Å². The van der Waals surface area contributed by atoms with E-state index in [0.717, 1.165) is 22.4 Å². The Balaban J connectivity index is 1.66. The fourth-order valence-electron chi connectivity index (χ4n) is 2.83. The lowest BCUT2D eigenvalue weighted by Gasteiger charge is -2.22. The topological polar surface area (TPSA) is 75.9 Å². The SMILES string of the molecule is CC(NC(=O)N(C)Cc1ccc2ccccc2n1)c1nncn1C(C)C. The van der Waals surface area contributed by atoms with E-state index >= 15 is 0 Å². The molecule has 0 bridgehead atoms. The number of amides is 2. The van der Waals surface area contributed by atoms with Gasteiger partial charge in [0.05, 0.1) is 23.8 Å². The minimum absolute atomic E-state index is 0.175. The summed E-state index contributed by atoms with van der Waals surface area (Å²) in [6, 6.07) is 11.7. The Labute approximate surface area is 153 Å². The first kappa shape index (κ1) is 17.8. The van der Waals surface area contributed by atoms with E-state index in [0.29, 0.717) is 6.54 Å². The number of carbonyl (C=O) groups excluding carboxylic acids is 1. The Kier molecular flexibility index (Phi) is 5.16. The summed E-state index contributed by atoms with van der Waals surface area (Å²) < 4.78 is 1.95. The summed E-state index contributed by atoms with van der Waals surface area (Å²) in [7, 11) is 1.76. The molecule has 136 valence electrons. The van der Waals surface area contributed by atoms with Crippen LogP contribution in [0.3, 0.4) is 0 Å². The molecule has 0 fully saturated rings. The number of pyridine rings is 1. The highest BCUT2D eigenvalue weighted by Crippen LogP contribution is 2.15. The van der Waals surface area contributed by atoms with E-state index in [4.69, 9.17) is 0 Å². The van der Waals surface area contributed by atoms with Gasteiger partial charge in [0.25, 0.3) is 0 Å². The van der Waals surface area contributed by atoms with Crippen molar-refractivity contribution in [1.29, 1.82) is 0 Å². The van der Waals surface area contributed by atoms with Gasteiger partial charge in [0.2, 0.25) is 0 Å². The maximum Gasteiger partial charge on any atom is 0.318 e. The average molecular weight is 352 g/mol. The molecule has 0 radical (unpaired) electrons. The number of urea groups is 1. The van der Waals surface area contributed by atoms with Crippen molar-refractivity contribution in [3.8, 4) is 0 Å². The van der Waals surface area contributed by atoms with Crippen LogP contribution >= 0.6 is 0 Å². The van der Waals surface area contributed by atoms with Gasteiger partial charge in [-0.1, -0.05) is 24.3 Å². The first-order chi connectivity index (χ1) is 12.5. The van der Waals surface area contributed by atoms with Gasteiger partial charge in [-0.05, 0) is 32.9 Å². The molecular formula is C19H24N6O. The summed E-state index contributed by atoms with van der Waals surface area (Å²) in [6.45, 7) is 6.45. The number of aromatic nitrogens is 4. The van der Waals surface area contributed by atoms with Crippen LogP contribution in [0.2, 0.25) is 0 Å². The van der Waals surface area contributed by atoms with Crippen molar-refractivity contribution in [2.75, 3.05) is 7.05 Å². The van der Waals surface area contributed by atoms with Crippen LogP contribution in [0.15, 0.2) is 42.7 Å². The molecule has 26 heavy (non-hydrogen) atoms. The van der Waals surface area contributed by atoms with Crippen LogP contribution in [-0.2, 0) is 6.54 Å². The van der Waals surface area contributed by atoms with Crippen LogP contribution < -0.4 is 5.32 Å². The van der Waals surface area contributed by atoms with Crippen molar-refractivity contribution in [3.05, 3.63) is 54.2 Å². The molecule has 1 unspecified atom stereocenters. The molecule has 0 spiro atoms. The molecule has 0 aliphatic heterocycles. The van der Waals surface area contributed by atoms with Gasteiger partial charge >= 0.3 is 6.03 Å². The molecule has 7 nitrogen and oxygen atoms in total. The first-order valence-corrected chi connectivity index (χ1v) is 8.71. The number of nitrogens with one attached hydrogen (secondary N) is 1. The predicted octanol–water partition coefficient (Wildman–Crippen LogP) is 3.31. The lowest BCUT2D eigenvalue weighted by Crippen LogP contribution is -2.39. The van der Waals surface area contributed by atoms with Crippen molar-refractivity contribution in [3.63, 3.8) is 0 Å². The Morgan fingerprint density at radius 1 is 1.19 bits per heavy atom. The van der Waals surface area contributed by atoms with Crippen LogP contribution in [0.1, 0.15) is 44.4 Å². The molecule has 0 aliphatic rings. The van der Waals surface area contributed by atoms with Gasteiger partial charge in [-0.25, -0.2) is 4.79 Å². The summed E-state index contributed by atoms with van der Waals surface area (Å²) in [5.74, 6) is 0.741. The van der Waals surface area contributed by atoms with Crippen molar-refractivity contribution in [2.45, 2.75) is 39.4 Å². The molecule has 2 heterocycles. The first-order valence-electron chi connectivity index (χ1n) is 8.71. The molecule has 2 aromatic heterocycles. The minimum Gasteiger partial charge on any atom is -0.328 e. The van der Waals surface area contributed by atoms with Crippen LogP contribution in [0.25, 0.3) is 10.9 Å². The van der Waals surface area contributed by atoms with Crippen molar-refractivity contribution in [2.24, 2.45) is 0 Å². The second-order valence-electron chi connectivity index (χ2n) is 6.71. The molecule has 3 aromatic rings. The fraction of sp³-hybridized carbons (Fsp3) is 0.368. The van der Waals surface area contributed by atoms with E-state index in [-0.39, 0.29) is 18.1 Å². The predicted molar refractivity (Wildman–Crippen MR) is 101 cm³/mol. The van der Waals surface area contributed by atoms with Crippen LogP contribution in [0, 0.1) is 0 Å². The van der Waals surface area contributed by atoms with Crippen molar-refractivity contribution in [1.82, 2.24) is 30.0 Å². The van der Waals surface area contributed by atoms with Gasteiger partial charge in [-0.3, -0.25) is 4.98 Å². The van der Waals surface area contributed by atoms with Gasteiger partial charge in [0.15, 0.2) is 5.82 Å². The third kappa shape index (κ3) is 3.82. The summed E-state index contributed by atoms with van der Waals surface area (Å²) >= 11 is 0. The van der Waals surface area contributed by atoms with E-state index in [2.05, 4.69) is 34.3 Å². The normalized spacial score (nSPS) is 12.3. The molecule has 1 N–H and O–H groups in total. The summed E-state index contributed by atoms with van der Waals surface area (Å²) in [5.41, 5.74) is 1.77. The number of fused-ring (bicyclic) bond motifs is 1. The summed E-state index contributed by atoms with van der Waals surface area (Å²) in [6.07, 6.45) is 1.69. The average Bonchev–Trinajstić information content (AvgIpc) is 3.11. The number of nitrogens with zero attached hydrogens (tertiary/aromatic N) is 5. The number of benzene rings is 1. The number of rotatable bonds is 5. The van der Waals surface area contributed by atoms with Gasteiger partial charge in [0.1, 0.15) is 6.33 Å². The second-order valence-corrected chi connectivity index (χ2v) is 6.71. The van der Waals surface area contributed by atoms with Gasteiger partial charge in [0, 0.05) is 18.5 Å². The number of hydrogen-bond acceptors (Lipinski definition) is 4. The lowest BCUT2D eigenvalue weighted by molar-refractivity contribution is 0.202. The summed E-state index contributed by atoms with van der Waals surface area (Å²) in [5, 5.41) is 12.1. The summed E-state index contributed by atoms with van der Waals surface area (Å²) in [4.78, 5) is 18.8. The highest BCUT2D eigenvalue weighted by molar-refractivity contribution is 5.78. The Morgan fingerprint density at radius 2 is 1.96 bits per heavy atom. The highest BCUT2D eigenvalue weighted by Gasteiger charge is 2.19. The van der Waals surface area contributed by atoms with E-state index < -0.39 is 0 Å². The van der Waals surface area contributed by atoms with Gasteiger partial charge < -0.3 is 14.8 Å². The van der Waals surface area contributed by atoms with Crippen LogP contribution in [0.5, 0.6) is 0 Å². The Bertz CT molecular complexity index is 904. The minimum atomic E-state index is -0.237. The zero-order valence-corrected chi connectivity index (χ0v) is 15.5. The molecular weight excluding hydrogens is 328 g/mol. The Hall–Kier alpha value is -2.96. The molecule has 0 saturated carbocycles. The molecule has 2 amide bonds. The van der Waals surface area contributed by atoms with Gasteiger partial charge in [-0.15, -0.1) is 10.2 Å². The van der Waals surface area contributed by atoms with Crippen molar-refractivity contribution < 1.29 is 4.79 Å². The zero-order valence-electron chi connectivity index (χ0n) is 15.5. The third-order valence-electron chi connectivity index (χ3n) is 4.29. The third-order valence-corrected chi connectivity index (χ3v) is 4.29. The largest absolute Gasteiger partial charge is 0.328 e. The standard InChI is InChI=1S/C19H24N6O/c1-13(2)25-12-20-23-18(25)14(3)21-19(26)24(4)11-16-10-9-15-7-5-6-8-17(15)22-16/h5-10,12-14H,11H2,1-4H3,(H,21,26). The maximum atomic E-state index is 12.5. The molecule has 0 saturated heterocycles. The number of carbonyl (C=O) groups is 1. The molecule has 1 atom stereocenters. The monoisotopic (exact) mass is 352 g/mol. The lowest BCUT2D eigenvalue weighted by atomic mass is 10.2. The second kappa shape index (κ2) is 7.51. The highest BCUT2D eigenvalue weighted by atomic mass is 16.2. The fourth-order valence-corrected chi connectivity index (χ4v) is 2.83. The van der Waals surface area contributed by atoms with E-state index in [1.165, 1.54) is 0 Å². The maximum absolute atomic E-state index is 12.5. The van der Waals surface area contributed by atoms with Gasteiger partial charge in [-0.2, -0.15) is 0 Å². The van der Waals surface area contributed by atoms with Crippen LogP contribution in [-0.4, -0.2) is 37.7 Å². The smallest absolute Gasteiger partial charge is 0.318 e. The number of para-hydroxylation sites is 1. The van der Waals surface area contributed by atoms with Crippen LogP contribution in [0.4, 0.5) is 4.79 Å². The quantitative estimate of drug-likeness (QED) is 0.764. The van der Waals surface area contributed by atoms with Crippen molar-refractivity contribution >= 4 is 16.9 Å².